The van der Waals surface area contributed by atoms with Gasteiger partial charge in [-0.05, 0) is 49.0 Å². The van der Waals surface area contributed by atoms with Crippen molar-refractivity contribution in [2.75, 3.05) is 18.4 Å². The van der Waals surface area contributed by atoms with Gasteiger partial charge in [0.25, 0.3) is 0 Å². The molecule has 1 spiro atoms. The Bertz CT molecular complexity index is 1000. The number of anilines is 1. The second-order valence-electron chi connectivity index (χ2n) is 8.09. The number of benzene rings is 2. The number of hydrogen-bond acceptors (Lipinski definition) is 5. The molecule has 4 rings (SSSR count). The van der Waals surface area contributed by atoms with E-state index >= 15 is 0 Å². The van der Waals surface area contributed by atoms with E-state index in [1.54, 1.807) is 12.1 Å². The monoisotopic (exact) mass is 472 g/mol. The Morgan fingerprint density at radius 1 is 1.19 bits per heavy atom. The number of rotatable bonds is 3. The largest absolute Gasteiger partial charge is 0.414 e. The zero-order valence-electron chi connectivity index (χ0n) is 17.8. The van der Waals surface area contributed by atoms with E-state index in [2.05, 4.69) is 27.6 Å². The van der Waals surface area contributed by atoms with Gasteiger partial charge in [0, 0.05) is 43.2 Å². The summed E-state index contributed by atoms with van der Waals surface area (Å²) in [4.78, 5) is 20.0. The first kappa shape index (κ1) is 22.4. The lowest BCUT2D eigenvalue weighted by Crippen LogP contribution is -2.48. The maximum Gasteiger partial charge on any atom is 0.414 e. The molecule has 1 saturated heterocycles. The van der Waals surface area contributed by atoms with Crippen LogP contribution in [0.1, 0.15) is 30.4 Å². The number of carbonyl (C=O) groups excluding carboxylic acids is 1. The van der Waals surface area contributed by atoms with E-state index in [1.807, 2.05) is 36.4 Å². The first-order valence-corrected chi connectivity index (χ1v) is 11.3. The highest BCUT2D eigenvalue weighted by atomic mass is 35.5. The number of alkyl carbamates (subject to hydrolysis) is 1. The molecule has 1 fully saturated rings. The number of hydrogen-bond donors (Lipinski definition) is 2. The van der Waals surface area contributed by atoms with Crippen LogP contribution in [0.4, 0.5) is 10.5 Å². The highest BCUT2D eigenvalue weighted by molar-refractivity contribution is 7.80. The molecule has 2 aromatic rings. The minimum Gasteiger partial charge on any atom is -0.392 e. The molecule has 0 saturated carbocycles. The second kappa shape index (κ2) is 9.75. The Hall–Kier alpha value is -2.84. The predicted octanol–water partition coefficient (Wildman–Crippen LogP) is 4.84. The number of carbonyl (C=O) groups is 1. The molecule has 0 aliphatic carbocycles. The number of amides is 1. The van der Waals surface area contributed by atoms with Crippen LogP contribution in [-0.4, -0.2) is 40.7 Å². The minimum atomic E-state index is -0.555. The van der Waals surface area contributed by atoms with Crippen LogP contribution in [0.25, 0.3) is 0 Å². The number of halogens is 1. The Kier molecular flexibility index (Phi) is 6.81. The summed E-state index contributed by atoms with van der Waals surface area (Å²) in [5.74, 6) is 0.299. The highest BCUT2D eigenvalue weighted by Gasteiger charge is 2.43. The van der Waals surface area contributed by atoms with Gasteiger partial charge >= 0.3 is 6.09 Å². The maximum absolute atomic E-state index is 12.1. The summed E-state index contributed by atoms with van der Waals surface area (Å²) in [6.45, 7) is 3.87. The van der Waals surface area contributed by atoms with Crippen molar-refractivity contribution in [3.63, 3.8) is 0 Å². The molecule has 2 N–H and O–H groups in total. The summed E-state index contributed by atoms with van der Waals surface area (Å²) in [5, 5.41) is 11.4. The highest BCUT2D eigenvalue weighted by Crippen LogP contribution is 2.35. The Labute approximate surface area is 197 Å². The van der Waals surface area contributed by atoms with Gasteiger partial charge in [0.15, 0.2) is 5.11 Å². The van der Waals surface area contributed by atoms with Crippen LogP contribution >= 0.6 is 23.8 Å². The van der Waals surface area contributed by atoms with E-state index in [4.69, 9.17) is 33.4 Å². The Morgan fingerprint density at radius 2 is 1.88 bits per heavy atom. The van der Waals surface area contributed by atoms with Crippen molar-refractivity contribution >= 4 is 46.6 Å². The van der Waals surface area contributed by atoms with Gasteiger partial charge in [-0.1, -0.05) is 46.6 Å². The number of piperidine rings is 1. The fourth-order valence-corrected chi connectivity index (χ4v) is 4.11. The standard InChI is InChI=1S/C23H25ClN4O3S/c1-16-2-8-19(9-3-16)26-21(32)28-12-10-23(11-13-28)14-20(27-31-23)30-22(29)25-15-17-4-6-18(24)7-5-17/h2-9H,10-15H2,1H3,(H,25,29)(H,26,32). The van der Waals surface area contributed by atoms with Gasteiger partial charge in [-0.25, -0.2) is 4.79 Å². The molecule has 0 atom stereocenters. The molecular formula is C23H25ClN4O3S. The number of nitrogens with zero attached hydrogens (tertiary/aromatic N) is 2. The van der Waals surface area contributed by atoms with Crippen molar-refractivity contribution in [1.82, 2.24) is 10.2 Å². The predicted molar refractivity (Wildman–Crippen MR) is 129 cm³/mol. The van der Waals surface area contributed by atoms with Crippen molar-refractivity contribution in [2.45, 2.75) is 38.3 Å². The number of likely N-dealkylation sites (tertiary alicyclic amines) is 1. The van der Waals surface area contributed by atoms with Crippen LogP contribution in [-0.2, 0) is 16.1 Å². The summed E-state index contributed by atoms with van der Waals surface area (Å²) in [5.41, 5.74) is 2.66. The SMILES string of the molecule is Cc1ccc(NC(=S)N2CCC3(CC2)CC(OC(=O)NCc2ccc(Cl)cc2)=NO3)cc1. The molecule has 2 aliphatic heterocycles. The first-order valence-electron chi connectivity index (χ1n) is 10.5. The normalized spacial score (nSPS) is 16.8. The first-order chi connectivity index (χ1) is 15.4. The molecule has 0 bridgehead atoms. The summed E-state index contributed by atoms with van der Waals surface area (Å²) >= 11 is 11.4. The number of ether oxygens (including phenoxy) is 1. The summed E-state index contributed by atoms with van der Waals surface area (Å²) in [6.07, 6.45) is 1.39. The molecular weight excluding hydrogens is 448 g/mol. The molecule has 2 heterocycles. The van der Waals surface area contributed by atoms with Gasteiger partial charge in [-0.3, -0.25) is 0 Å². The molecule has 0 unspecified atom stereocenters. The zero-order chi connectivity index (χ0) is 22.6. The van der Waals surface area contributed by atoms with Crippen LogP contribution in [0.15, 0.2) is 53.7 Å². The molecule has 32 heavy (non-hydrogen) atoms. The van der Waals surface area contributed by atoms with E-state index in [-0.39, 0.29) is 0 Å². The quantitative estimate of drug-likeness (QED) is 0.622. The van der Waals surface area contributed by atoms with E-state index in [9.17, 15) is 4.79 Å². The van der Waals surface area contributed by atoms with Gasteiger partial charge in [0.1, 0.15) is 5.60 Å². The lowest BCUT2D eigenvalue weighted by molar-refractivity contribution is -0.0521. The van der Waals surface area contributed by atoms with Crippen LogP contribution in [0.3, 0.4) is 0 Å². The zero-order valence-corrected chi connectivity index (χ0v) is 19.3. The van der Waals surface area contributed by atoms with Gasteiger partial charge in [-0.2, -0.15) is 0 Å². The molecule has 0 radical (unpaired) electrons. The van der Waals surface area contributed by atoms with Crippen molar-refractivity contribution in [2.24, 2.45) is 5.16 Å². The molecule has 2 aromatic carbocycles. The Balaban J connectivity index is 1.21. The minimum absolute atomic E-state index is 0.299. The third-order valence-electron chi connectivity index (χ3n) is 5.64. The van der Waals surface area contributed by atoms with Crippen molar-refractivity contribution in [1.29, 1.82) is 0 Å². The third-order valence-corrected chi connectivity index (χ3v) is 6.25. The molecule has 168 valence electrons. The van der Waals surface area contributed by atoms with Crippen molar-refractivity contribution in [3.05, 3.63) is 64.7 Å². The molecule has 1 amide bonds. The third kappa shape index (κ3) is 5.69. The lowest BCUT2D eigenvalue weighted by Gasteiger charge is -2.38. The average molecular weight is 473 g/mol. The summed E-state index contributed by atoms with van der Waals surface area (Å²) in [6, 6.07) is 15.4. The molecule has 7 nitrogen and oxygen atoms in total. The van der Waals surface area contributed by atoms with Crippen molar-refractivity contribution < 1.29 is 14.4 Å². The van der Waals surface area contributed by atoms with Crippen LogP contribution in [0.2, 0.25) is 5.02 Å². The molecule has 2 aliphatic rings. The lowest BCUT2D eigenvalue weighted by atomic mass is 9.88. The van der Waals surface area contributed by atoms with E-state index in [1.165, 1.54) is 5.56 Å². The fraction of sp³-hybridized carbons (Fsp3) is 0.348. The van der Waals surface area contributed by atoms with Gasteiger partial charge < -0.3 is 25.1 Å². The number of aryl methyl sites for hydroxylation is 1. The number of nitrogens with one attached hydrogen (secondary N) is 2. The van der Waals surface area contributed by atoms with Crippen LogP contribution in [0.5, 0.6) is 0 Å². The summed E-state index contributed by atoms with van der Waals surface area (Å²) in [7, 11) is 0. The van der Waals surface area contributed by atoms with E-state index in [0.29, 0.717) is 29.0 Å². The van der Waals surface area contributed by atoms with Gasteiger partial charge in [0.2, 0.25) is 5.90 Å². The maximum atomic E-state index is 12.1. The van der Waals surface area contributed by atoms with Gasteiger partial charge in [0.05, 0.1) is 6.42 Å². The van der Waals surface area contributed by atoms with Crippen LogP contribution in [0, 0.1) is 6.92 Å². The van der Waals surface area contributed by atoms with Gasteiger partial charge in [-0.15, -0.1) is 0 Å². The fourth-order valence-electron chi connectivity index (χ4n) is 3.69. The van der Waals surface area contributed by atoms with Crippen LogP contribution < -0.4 is 10.6 Å². The molecule has 9 heteroatoms. The average Bonchev–Trinajstić information content (AvgIpc) is 3.17. The summed E-state index contributed by atoms with van der Waals surface area (Å²) < 4.78 is 5.34. The number of thiocarbonyl (C=S) groups is 1. The topological polar surface area (TPSA) is 75.2 Å². The van der Waals surface area contributed by atoms with E-state index in [0.717, 1.165) is 37.2 Å². The number of oxime groups is 1. The smallest absolute Gasteiger partial charge is 0.392 e. The molecule has 0 aromatic heterocycles. The van der Waals surface area contributed by atoms with E-state index < -0.39 is 11.7 Å². The Morgan fingerprint density at radius 3 is 2.56 bits per heavy atom. The van der Waals surface area contributed by atoms with Crippen molar-refractivity contribution in [3.8, 4) is 0 Å². The second-order valence-corrected chi connectivity index (χ2v) is 8.91.